The number of carboxylic acid groups (broad SMARTS) is 1. The summed E-state index contributed by atoms with van der Waals surface area (Å²) in [4.78, 5) is 11.0. The van der Waals surface area contributed by atoms with Gasteiger partial charge in [-0.2, -0.15) is 5.26 Å². The number of fused-ring (bicyclic) bond motifs is 1. The zero-order valence-corrected chi connectivity index (χ0v) is 14.8. The van der Waals surface area contributed by atoms with E-state index in [1.807, 2.05) is 24.3 Å². The van der Waals surface area contributed by atoms with Gasteiger partial charge in [0, 0.05) is 11.1 Å². The van der Waals surface area contributed by atoms with Crippen molar-refractivity contribution in [3.05, 3.63) is 58.9 Å². The Bertz CT molecular complexity index is 1090. The van der Waals surface area contributed by atoms with E-state index in [0.29, 0.717) is 22.0 Å². The molecule has 0 fully saturated rings. The van der Waals surface area contributed by atoms with Gasteiger partial charge < -0.3 is 10.4 Å². The van der Waals surface area contributed by atoms with Gasteiger partial charge in [-0.15, -0.1) is 10.2 Å². The van der Waals surface area contributed by atoms with Crippen LogP contribution in [-0.2, 0) is 6.42 Å². The van der Waals surface area contributed by atoms with Crippen molar-refractivity contribution in [2.75, 3.05) is 0 Å². The molecule has 0 spiro atoms. The number of amides is 1. The van der Waals surface area contributed by atoms with Crippen molar-refractivity contribution in [3.63, 3.8) is 0 Å². The molecule has 0 saturated carbocycles. The lowest BCUT2D eigenvalue weighted by Crippen LogP contribution is -2.24. The third-order valence-electron chi connectivity index (χ3n) is 4.56. The summed E-state index contributed by atoms with van der Waals surface area (Å²) < 4.78 is 13.5. The Morgan fingerprint density at radius 1 is 1.30 bits per heavy atom. The first kappa shape index (κ1) is 17.1. The minimum atomic E-state index is -1.04. The van der Waals surface area contributed by atoms with Crippen molar-refractivity contribution < 1.29 is 14.3 Å². The number of nitriles is 1. The Hall–Kier alpha value is -3.31. The van der Waals surface area contributed by atoms with Crippen LogP contribution in [0, 0.1) is 17.1 Å². The average molecular weight is 380 g/mol. The van der Waals surface area contributed by atoms with Crippen LogP contribution in [0.25, 0.3) is 21.1 Å². The van der Waals surface area contributed by atoms with Gasteiger partial charge in [-0.25, -0.2) is 9.18 Å². The Morgan fingerprint density at radius 2 is 2.11 bits per heavy atom. The van der Waals surface area contributed by atoms with Crippen LogP contribution in [0.3, 0.4) is 0 Å². The molecule has 1 unspecified atom stereocenters. The maximum absolute atomic E-state index is 13.5. The van der Waals surface area contributed by atoms with E-state index in [0.717, 1.165) is 23.1 Å². The molecule has 1 atom stereocenters. The first-order chi connectivity index (χ1) is 13.1. The number of halogens is 1. The molecule has 0 aliphatic heterocycles. The van der Waals surface area contributed by atoms with E-state index in [4.69, 9.17) is 10.4 Å². The lowest BCUT2D eigenvalue weighted by Gasteiger charge is -2.11. The molecule has 1 aromatic heterocycles. The lowest BCUT2D eigenvalue weighted by atomic mass is 10.0. The number of aromatic nitrogens is 2. The third-order valence-corrected chi connectivity index (χ3v) is 5.56. The zero-order chi connectivity index (χ0) is 19.0. The van der Waals surface area contributed by atoms with Gasteiger partial charge in [-0.3, -0.25) is 0 Å². The number of carbonyl (C=O) groups is 1. The smallest absolute Gasteiger partial charge is 0.405 e. The van der Waals surface area contributed by atoms with Gasteiger partial charge >= 0.3 is 6.09 Å². The van der Waals surface area contributed by atoms with E-state index in [2.05, 4.69) is 15.5 Å². The van der Waals surface area contributed by atoms with Gasteiger partial charge in [0.25, 0.3) is 0 Å². The molecule has 6 nitrogen and oxygen atoms in total. The number of nitrogens with one attached hydrogen (secondary N) is 1. The maximum atomic E-state index is 13.5. The molecular formula is C19H13FN4O2S. The SMILES string of the molecule is N#Cc1cc(-c2nnc(-c3cccc4c3CCC4NC(=O)O)s2)ccc1F. The second-order valence-electron chi connectivity index (χ2n) is 6.13. The molecule has 1 amide bonds. The van der Waals surface area contributed by atoms with Gasteiger partial charge in [-0.05, 0) is 42.2 Å². The highest BCUT2D eigenvalue weighted by atomic mass is 32.1. The summed E-state index contributed by atoms with van der Waals surface area (Å²) in [6.07, 6.45) is 0.412. The first-order valence-electron chi connectivity index (χ1n) is 8.22. The molecule has 2 aromatic carbocycles. The van der Waals surface area contributed by atoms with Crippen molar-refractivity contribution in [2.24, 2.45) is 0 Å². The predicted octanol–water partition coefficient (Wildman–Crippen LogP) is 4.14. The van der Waals surface area contributed by atoms with E-state index < -0.39 is 11.9 Å². The quantitative estimate of drug-likeness (QED) is 0.711. The standard InChI is InChI=1S/C19H13FN4O2S/c20-15-6-4-10(8-11(15)9-21)17-23-24-18(27-17)14-3-1-2-13-12(14)5-7-16(13)22-19(25)26/h1-4,6,8,16,22H,5,7H2,(H,25,26). The van der Waals surface area contributed by atoms with E-state index in [9.17, 15) is 9.18 Å². The summed E-state index contributed by atoms with van der Waals surface area (Å²) in [6.45, 7) is 0. The van der Waals surface area contributed by atoms with Gasteiger partial charge in [0.2, 0.25) is 0 Å². The molecule has 27 heavy (non-hydrogen) atoms. The fourth-order valence-corrected chi connectivity index (χ4v) is 4.24. The summed E-state index contributed by atoms with van der Waals surface area (Å²) in [5, 5.41) is 30.3. The van der Waals surface area contributed by atoms with Crippen molar-refractivity contribution >= 4 is 17.4 Å². The number of hydrogen-bond acceptors (Lipinski definition) is 5. The summed E-state index contributed by atoms with van der Waals surface area (Å²) in [5.74, 6) is -0.566. The fourth-order valence-electron chi connectivity index (χ4n) is 3.35. The largest absolute Gasteiger partial charge is 0.465 e. The summed E-state index contributed by atoms with van der Waals surface area (Å²) in [6, 6.07) is 11.6. The maximum Gasteiger partial charge on any atom is 0.405 e. The van der Waals surface area contributed by atoms with Crippen LogP contribution >= 0.6 is 11.3 Å². The van der Waals surface area contributed by atoms with Crippen LogP contribution < -0.4 is 5.32 Å². The second-order valence-corrected chi connectivity index (χ2v) is 7.11. The van der Waals surface area contributed by atoms with Crippen molar-refractivity contribution in [1.82, 2.24) is 15.5 Å². The minimum Gasteiger partial charge on any atom is -0.465 e. The molecule has 1 aliphatic carbocycles. The van der Waals surface area contributed by atoms with Gasteiger partial charge in [0.05, 0.1) is 11.6 Å². The third kappa shape index (κ3) is 3.13. The highest BCUT2D eigenvalue weighted by molar-refractivity contribution is 7.17. The molecule has 1 heterocycles. The summed E-state index contributed by atoms with van der Waals surface area (Å²) in [5.41, 5.74) is 3.55. The normalized spacial score (nSPS) is 15.2. The van der Waals surface area contributed by atoms with Crippen LogP contribution in [0.4, 0.5) is 9.18 Å². The van der Waals surface area contributed by atoms with Crippen molar-refractivity contribution in [2.45, 2.75) is 18.9 Å². The Labute approximate surface area is 157 Å². The average Bonchev–Trinajstić information content (AvgIpc) is 3.29. The Kier molecular flexibility index (Phi) is 4.30. The van der Waals surface area contributed by atoms with Gasteiger partial charge in [-0.1, -0.05) is 29.5 Å². The predicted molar refractivity (Wildman–Crippen MR) is 97.7 cm³/mol. The molecule has 3 aromatic rings. The zero-order valence-electron chi connectivity index (χ0n) is 13.9. The number of rotatable bonds is 3. The number of nitrogens with zero attached hydrogens (tertiary/aromatic N) is 3. The monoisotopic (exact) mass is 380 g/mol. The highest BCUT2D eigenvalue weighted by Crippen LogP contribution is 2.39. The molecular weight excluding hydrogens is 367 g/mol. The fraction of sp³-hybridized carbons (Fsp3) is 0.158. The molecule has 2 N–H and O–H groups in total. The molecule has 0 radical (unpaired) electrons. The molecule has 0 bridgehead atoms. The summed E-state index contributed by atoms with van der Waals surface area (Å²) in [7, 11) is 0. The molecule has 134 valence electrons. The van der Waals surface area contributed by atoms with Crippen LogP contribution in [0.2, 0.25) is 0 Å². The molecule has 4 rings (SSSR count). The van der Waals surface area contributed by atoms with E-state index in [1.165, 1.54) is 23.5 Å². The topological polar surface area (TPSA) is 98.9 Å². The first-order valence-corrected chi connectivity index (χ1v) is 9.03. The summed E-state index contributed by atoms with van der Waals surface area (Å²) >= 11 is 1.35. The Morgan fingerprint density at radius 3 is 2.89 bits per heavy atom. The van der Waals surface area contributed by atoms with Gasteiger partial charge in [0.15, 0.2) is 0 Å². The highest BCUT2D eigenvalue weighted by Gasteiger charge is 2.27. The van der Waals surface area contributed by atoms with E-state index in [-0.39, 0.29) is 11.6 Å². The van der Waals surface area contributed by atoms with Crippen LogP contribution in [0.15, 0.2) is 36.4 Å². The van der Waals surface area contributed by atoms with E-state index >= 15 is 0 Å². The van der Waals surface area contributed by atoms with Crippen LogP contribution in [0.1, 0.15) is 29.2 Å². The number of hydrogen-bond donors (Lipinski definition) is 2. The lowest BCUT2D eigenvalue weighted by molar-refractivity contribution is 0.190. The van der Waals surface area contributed by atoms with Crippen LogP contribution in [-0.4, -0.2) is 21.4 Å². The Balaban J connectivity index is 1.70. The molecule has 0 saturated heterocycles. The minimum absolute atomic E-state index is 0.0348. The van der Waals surface area contributed by atoms with Crippen LogP contribution in [0.5, 0.6) is 0 Å². The second kappa shape index (κ2) is 6.78. The van der Waals surface area contributed by atoms with Gasteiger partial charge in [0.1, 0.15) is 21.9 Å². The molecule has 8 heteroatoms. The van der Waals surface area contributed by atoms with Crippen molar-refractivity contribution in [3.8, 4) is 27.2 Å². The molecule has 1 aliphatic rings. The van der Waals surface area contributed by atoms with Crippen molar-refractivity contribution in [1.29, 1.82) is 5.26 Å². The van der Waals surface area contributed by atoms with E-state index in [1.54, 1.807) is 6.07 Å². The number of benzene rings is 2.